The van der Waals surface area contributed by atoms with Crippen LogP contribution >= 0.6 is 0 Å². The van der Waals surface area contributed by atoms with Crippen LogP contribution in [0.3, 0.4) is 0 Å². The standard InChI is InChI=1S/C4H6N8O2/c13-1(3-5-9-10-6-3)2(14)4-7-11-12-8-4/h1-2,13-14H,(H,5,6,9,10)(H,7,8,11,12). The van der Waals surface area contributed by atoms with Crippen LogP contribution in [0, 0.1) is 0 Å². The van der Waals surface area contributed by atoms with Gasteiger partial charge in [0.25, 0.3) is 0 Å². The van der Waals surface area contributed by atoms with Crippen LogP contribution in [0.15, 0.2) is 0 Å². The molecule has 2 rings (SSSR count). The lowest BCUT2D eigenvalue weighted by Crippen LogP contribution is -2.13. The number of H-pyrrole nitrogens is 2. The molecule has 0 aliphatic rings. The third-order valence-corrected chi connectivity index (χ3v) is 1.55. The molecule has 74 valence electrons. The van der Waals surface area contributed by atoms with Gasteiger partial charge in [-0.05, 0) is 0 Å². The Hall–Kier alpha value is -1.94. The maximum absolute atomic E-state index is 9.49. The molecule has 0 radical (unpaired) electrons. The highest BCUT2D eigenvalue weighted by molar-refractivity contribution is 4.96. The Labute approximate surface area is 76.4 Å². The SMILES string of the molecule is OC(c1nn[nH]n1)C(O)c1nn[nH]n1. The van der Waals surface area contributed by atoms with Gasteiger partial charge in [-0.3, -0.25) is 0 Å². The molecule has 2 aromatic rings. The lowest BCUT2D eigenvalue weighted by molar-refractivity contribution is 0.00648. The summed E-state index contributed by atoms with van der Waals surface area (Å²) in [7, 11) is 0. The molecule has 2 unspecified atom stereocenters. The predicted octanol–water partition coefficient (Wildman–Crippen LogP) is -2.52. The number of hydrogen-bond acceptors (Lipinski definition) is 8. The van der Waals surface area contributed by atoms with E-state index in [4.69, 9.17) is 0 Å². The average molecular weight is 198 g/mol. The van der Waals surface area contributed by atoms with Crippen molar-refractivity contribution in [3.63, 3.8) is 0 Å². The first-order valence-electron chi connectivity index (χ1n) is 3.62. The summed E-state index contributed by atoms with van der Waals surface area (Å²) in [5.74, 6) is -0.0791. The van der Waals surface area contributed by atoms with Crippen molar-refractivity contribution in [2.24, 2.45) is 0 Å². The van der Waals surface area contributed by atoms with Crippen LogP contribution in [0.25, 0.3) is 0 Å². The fourth-order valence-corrected chi connectivity index (χ4v) is 0.872. The van der Waals surface area contributed by atoms with E-state index in [1.54, 1.807) is 0 Å². The van der Waals surface area contributed by atoms with Gasteiger partial charge in [0, 0.05) is 0 Å². The number of tetrazole rings is 2. The molecular weight excluding hydrogens is 192 g/mol. The molecular formula is C4H6N8O2. The van der Waals surface area contributed by atoms with Crippen molar-refractivity contribution in [1.29, 1.82) is 0 Å². The van der Waals surface area contributed by atoms with E-state index < -0.39 is 12.2 Å². The zero-order valence-electron chi connectivity index (χ0n) is 6.73. The molecule has 10 heteroatoms. The van der Waals surface area contributed by atoms with Crippen molar-refractivity contribution in [2.45, 2.75) is 12.2 Å². The highest BCUT2D eigenvalue weighted by Crippen LogP contribution is 2.21. The quantitative estimate of drug-likeness (QED) is 0.422. The smallest absolute Gasteiger partial charge is 0.206 e. The summed E-state index contributed by atoms with van der Waals surface area (Å²) in [5.41, 5.74) is 0. The number of nitrogens with zero attached hydrogens (tertiary/aromatic N) is 6. The third-order valence-electron chi connectivity index (χ3n) is 1.55. The Morgan fingerprint density at radius 3 is 1.57 bits per heavy atom. The van der Waals surface area contributed by atoms with E-state index in [1.807, 2.05) is 0 Å². The van der Waals surface area contributed by atoms with Crippen LogP contribution < -0.4 is 0 Å². The van der Waals surface area contributed by atoms with E-state index in [1.165, 1.54) is 0 Å². The first kappa shape index (κ1) is 8.65. The van der Waals surface area contributed by atoms with Crippen LogP contribution in [-0.4, -0.2) is 51.5 Å². The minimum atomic E-state index is -1.34. The van der Waals surface area contributed by atoms with Gasteiger partial charge < -0.3 is 10.2 Å². The molecule has 0 aliphatic heterocycles. The van der Waals surface area contributed by atoms with E-state index in [0.29, 0.717) is 0 Å². The molecule has 0 saturated carbocycles. The summed E-state index contributed by atoms with van der Waals surface area (Å²) in [6.07, 6.45) is -2.68. The number of nitrogens with one attached hydrogen (secondary N) is 2. The molecule has 0 saturated heterocycles. The Kier molecular flexibility index (Phi) is 2.12. The topological polar surface area (TPSA) is 149 Å². The van der Waals surface area contributed by atoms with Gasteiger partial charge in [-0.2, -0.15) is 10.4 Å². The zero-order chi connectivity index (χ0) is 9.97. The lowest BCUT2D eigenvalue weighted by atomic mass is 10.2. The second-order valence-electron chi connectivity index (χ2n) is 2.43. The molecule has 0 aliphatic carbocycles. The van der Waals surface area contributed by atoms with Crippen LogP contribution in [0.5, 0.6) is 0 Å². The average Bonchev–Trinajstić information content (AvgIpc) is 2.87. The van der Waals surface area contributed by atoms with Crippen molar-refractivity contribution in [3.8, 4) is 0 Å². The number of hydrogen-bond donors (Lipinski definition) is 4. The Morgan fingerprint density at radius 1 is 0.857 bits per heavy atom. The van der Waals surface area contributed by atoms with Gasteiger partial charge in [0.15, 0.2) is 12.2 Å². The monoisotopic (exact) mass is 198 g/mol. The maximum atomic E-state index is 9.49. The summed E-state index contributed by atoms with van der Waals surface area (Å²) < 4.78 is 0. The zero-order valence-corrected chi connectivity index (χ0v) is 6.73. The fraction of sp³-hybridized carbons (Fsp3) is 0.500. The van der Waals surface area contributed by atoms with Crippen molar-refractivity contribution in [3.05, 3.63) is 11.6 Å². The fourth-order valence-electron chi connectivity index (χ4n) is 0.872. The first-order chi connectivity index (χ1) is 6.79. The molecule has 0 amide bonds. The molecule has 0 aromatic carbocycles. The summed E-state index contributed by atoms with van der Waals surface area (Å²) in [4.78, 5) is 0. The van der Waals surface area contributed by atoms with Gasteiger partial charge in [-0.15, -0.1) is 20.4 Å². The van der Waals surface area contributed by atoms with E-state index in [9.17, 15) is 10.2 Å². The summed E-state index contributed by atoms with van der Waals surface area (Å²) >= 11 is 0. The van der Waals surface area contributed by atoms with E-state index >= 15 is 0 Å². The maximum Gasteiger partial charge on any atom is 0.206 e. The minimum absolute atomic E-state index is 0.0395. The summed E-state index contributed by atoms with van der Waals surface area (Å²) in [6, 6.07) is 0. The van der Waals surface area contributed by atoms with E-state index in [2.05, 4.69) is 41.2 Å². The van der Waals surface area contributed by atoms with Crippen molar-refractivity contribution in [2.75, 3.05) is 0 Å². The number of aliphatic hydroxyl groups excluding tert-OH is 2. The van der Waals surface area contributed by atoms with Crippen molar-refractivity contribution < 1.29 is 10.2 Å². The second kappa shape index (κ2) is 3.43. The number of aromatic nitrogens is 8. The second-order valence-corrected chi connectivity index (χ2v) is 2.43. The molecule has 2 heterocycles. The molecule has 0 spiro atoms. The Bertz CT molecular complexity index is 332. The number of aromatic amines is 2. The Balaban J connectivity index is 2.16. The van der Waals surface area contributed by atoms with Gasteiger partial charge in [0.2, 0.25) is 11.6 Å². The molecule has 0 fully saturated rings. The first-order valence-corrected chi connectivity index (χ1v) is 3.62. The molecule has 0 bridgehead atoms. The van der Waals surface area contributed by atoms with Gasteiger partial charge >= 0.3 is 0 Å². The van der Waals surface area contributed by atoms with Gasteiger partial charge in [0.05, 0.1) is 0 Å². The summed E-state index contributed by atoms with van der Waals surface area (Å²) in [6.45, 7) is 0. The van der Waals surface area contributed by atoms with Crippen molar-refractivity contribution in [1.82, 2.24) is 41.2 Å². The number of aliphatic hydroxyl groups is 2. The van der Waals surface area contributed by atoms with Crippen LogP contribution in [0.2, 0.25) is 0 Å². The highest BCUT2D eigenvalue weighted by atomic mass is 16.3. The highest BCUT2D eigenvalue weighted by Gasteiger charge is 2.27. The normalized spacial score (nSPS) is 15.3. The molecule has 2 atom stereocenters. The van der Waals surface area contributed by atoms with Gasteiger partial charge in [-0.1, -0.05) is 10.4 Å². The van der Waals surface area contributed by atoms with Crippen LogP contribution in [0.1, 0.15) is 23.9 Å². The molecule has 10 nitrogen and oxygen atoms in total. The van der Waals surface area contributed by atoms with Gasteiger partial charge in [0.1, 0.15) is 0 Å². The Morgan fingerprint density at radius 2 is 1.29 bits per heavy atom. The van der Waals surface area contributed by atoms with Crippen LogP contribution in [0.4, 0.5) is 0 Å². The van der Waals surface area contributed by atoms with Crippen molar-refractivity contribution >= 4 is 0 Å². The number of rotatable bonds is 3. The van der Waals surface area contributed by atoms with Crippen LogP contribution in [-0.2, 0) is 0 Å². The predicted molar refractivity (Wildman–Crippen MR) is 38.3 cm³/mol. The van der Waals surface area contributed by atoms with E-state index in [0.717, 1.165) is 0 Å². The molecule has 2 aromatic heterocycles. The summed E-state index contributed by atoms with van der Waals surface area (Å²) in [5, 5.41) is 43.8. The lowest BCUT2D eigenvalue weighted by Gasteiger charge is -2.09. The minimum Gasteiger partial charge on any atom is -0.382 e. The van der Waals surface area contributed by atoms with E-state index in [-0.39, 0.29) is 11.6 Å². The third kappa shape index (κ3) is 1.43. The van der Waals surface area contributed by atoms with Gasteiger partial charge in [-0.25, -0.2) is 0 Å². The molecule has 14 heavy (non-hydrogen) atoms. The largest absolute Gasteiger partial charge is 0.382 e. The molecule has 4 N–H and O–H groups in total.